The maximum absolute atomic E-state index is 15.9. The molecule has 2 atom stereocenters. The average molecular weight is 850 g/mol. The summed E-state index contributed by atoms with van der Waals surface area (Å²) in [5.74, 6) is -4.21. The van der Waals surface area contributed by atoms with Gasteiger partial charge in [0.2, 0.25) is 0 Å². The highest BCUT2D eigenvalue weighted by atomic mass is 19.3. The number of halogens is 2. The second-order valence-corrected chi connectivity index (χ2v) is 17.1. The standard InChI is InChI=1S/C47H57F2N9O4/c1-29-23-32(11-12-35(29)43-27-55(21-22-62-43)41(44(51)52)25-38(50)36-7-4-5-10-42(36)59)45(60)56-19-14-33(47(48,49)28-56)26-54-17-15-34(16-18-54)58-31(3)24-37-39(8-6-9-40(37)58)57-20-13-30(2)53-46(57)61/h4-12,23-25,33-34,43,59H,2,13-22,26-28,50-52H2,1,3H3,(H,53,61)/b38-25-. The molecule has 13 nitrogen and oxygen atoms in total. The van der Waals surface area contributed by atoms with Gasteiger partial charge >= 0.3 is 6.03 Å². The summed E-state index contributed by atoms with van der Waals surface area (Å²) in [6.07, 6.45) is 3.81. The molecule has 8 rings (SSSR count). The van der Waals surface area contributed by atoms with E-state index in [0.29, 0.717) is 68.3 Å². The van der Waals surface area contributed by atoms with Gasteiger partial charge in [-0.05, 0) is 92.8 Å². The molecule has 2 unspecified atom stereocenters. The van der Waals surface area contributed by atoms with Crippen LogP contribution in [0, 0.1) is 19.8 Å². The Morgan fingerprint density at radius 1 is 0.968 bits per heavy atom. The van der Waals surface area contributed by atoms with Crippen LogP contribution in [-0.4, -0.2) is 101 Å². The van der Waals surface area contributed by atoms with E-state index in [1.165, 1.54) is 4.90 Å². The van der Waals surface area contributed by atoms with Crippen molar-refractivity contribution in [3.63, 3.8) is 0 Å². The van der Waals surface area contributed by atoms with Crippen LogP contribution in [0.15, 0.2) is 96.6 Å². The summed E-state index contributed by atoms with van der Waals surface area (Å²) in [5, 5.41) is 14.2. The van der Waals surface area contributed by atoms with E-state index < -0.39 is 24.3 Å². The molecule has 0 spiro atoms. The molecule has 3 amide bonds. The first kappa shape index (κ1) is 42.6. The molecule has 4 aliphatic heterocycles. The van der Waals surface area contributed by atoms with Gasteiger partial charge in [0.15, 0.2) is 0 Å². The number of nitrogens with zero attached hydrogens (tertiary/aromatic N) is 5. The quantitative estimate of drug-likeness (QED) is 0.122. The van der Waals surface area contributed by atoms with Gasteiger partial charge in [-0.2, -0.15) is 0 Å². The second kappa shape index (κ2) is 17.4. The molecular formula is C47H57F2N9O4. The normalized spacial score (nSPS) is 21.6. The molecule has 8 N–H and O–H groups in total. The van der Waals surface area contributed by atoms with Crippen LogP contribution in [0.25, 0.3) is 16.6 Å². The van der Waals surface area contributed by atoms with E-state index in [-0.39, 0.29) is 49.3 Å². The Bertz CT molecular complexity index is 2430. The first-order valence-electron chi connectivity index (χ1n) is 21.4. The number of aromatic nitrogens is 1. The summed E-state index contributed by atoms with van der Waals surface area (Å²) >= 11 is 0. The molecule has 3 aromatic carbocycles. The number of aromatic hydroxyl groups is 1. The topological polar surface area (TPSA) is 172 Å². The van der Waals surface area contributed by atoms with Gasteiger partial charge in [0.25, 0.3) is 11.8 Å². The number of urea groups is 1. The predicted octanol–water partition coefficient (Wildman–Crippen LogP) is 6.29. The number of nitrogens with one attached hydrogen (secondary N) is 1. The van der Waals surface area contributed by atoms with Crippen molar-refractivity contribution in [3.05, 3.63) is 125 Å². The Hall–Kier alpha value is -6.06. The third kappa shape index (κ3) is 8.55. The third-order valence-electron chi connectivity index (χ3n) is 13.0. The van der Waals surface area contributed by atoms with Crippen LogP contribution in [0.4, 0.5) is 19.3 Å². The number of carbonyl (C=O) groups is 2. The van der Waals surface area contributed by atoms with Crippen molar-refractivity contribution in [2.75, 3.05) is 63.9 Å². The molecule has 4 aliphatic rings. The first-order valence-corrected chi connectivity index (χ1v) is 21.4. The van der Waals surface area contributed by atoms with Crippen molar-refractivity contribution < 1.29 is 28.2 Å². The van der Waals surface area contributed by atoms with E-state index in [1.54, 1.807) is 47.4 Å². The molecule has 328 valence electrons. The van der Waals surface area contributed by atoms with Crippen molar-refractivity contribution in [2.45, 2.75) is 57.6 Å². The van der Waals surface area contributed by atoms with Crippen LogP contribution in [0.2, 0.25) is 0 Å². The molecule has 15 heteroatoms. The lowest BCUT2D eigenvalue weighted by molar-refractivity contribution is -0.111. The minimum atomic E-state index is -3.04. The number of likely N-dealkylation sites (tertiary alicyclic amines) is 2. The number of para-hydroxylation sites is 1. The molecule has 62 heavy (non-hydrogen) atoms. The SMILES string of the molecule is C=C1CCN(c2cccc3c2cc(C)n3C2CCN(CC3CCN(C(=O)c4ccc(C5CN(C(/C=C(\N)c6ccccc6O)=C(N)N)CCO5)c(C)c4)CC3(F)F)CC2)C(=O)N1. The zero-order chi connectivity index (χ0) is 43.9. The molecule has 1 aromatic heterocycles. The van der Waals surface area contributed by atoms with E-state index in [9.17, 15) is 14.7 Å². The number of piperidine rings is 2. The van der Waals surface area contributed by atoms with Crippen LogP contribution in [0.3, 0.4) is 0 Å². The van der Waals surface area contributed by atoms with Crippen molar-refractivity contribution in [1.29, 1.82) is 0 Å². The Morgan fingerprint density at radius 2 is 1.74 bits per heavy atom. The van der Waals surface area contributed by atoms with Crippen molar-refractivity contribution in [2.24, 2.45) is 23.1 Å². The van der Waals surface area contributed by atoms with Gasteiger partial charge in [0.05, 0.1) is 30.1 Å². The van der Waals surface area contributed by atoms with Crippen LogP contribution >= 0.6 is 0 Å². The number of benzene rings is 3. The van der Waals surface area contributed by atoms with Crippen LogP contribution in [0.5, 0.6) is 5.75 Å². The van der Waals surface area contributed by atoms with Crippen molar-refractivity contribution in [1.82, 2.24) is 24.6 Å². The summed E-state index contributed by atoms with van der Waals surface area (Å²) < 4.78 is 40.4. The number of anilines is 1. The third-order valence-corrected chi connectivity index (χ3v) is 13.0. The molecule has 0 radical (unpaired) electrons. The van der Waals surface area contributed by atoms with Crippen molar-refractivity contribution in [3.8, 4) is 5.75 Å². The second-order valence-electron chi connectivity index (χ2n) is 17.1. The van der Waals surface area contributed by atoms with E-state index in [1.807, 2.05) is 30.0 Å². The highest BCUT2D eigenvalue weighted by Crippen LogP contribution is 2.39. The fourth-order valence-electron chi connectivity index (χ4n) is 9.71. The summed E-state index contributed by atoms with van der Waals surface area (Å²) in [6, 6.07) is 20.2. The van der Waals surface area contributed by atoms with Gasteiger partial charge in [-0.15, -0.1) is 0 Å². The molecule has 4 aromatic rings. The number of allylic oxidation sites excluding steroid dienone is 1. The number of rotatable bonds is 9. The Kier molecular flexibility index (Phi) is 11.9. The Labute approximate surface area is 361 Å². The minimum absolute atomic E-state index is 0.0364. The Morgan fingerprint density at radius 3 is 2.45 bits per heavy atom. The number of ether oxygens (including phenoxy) is 1. The van der Waals surface area contributed by atoms with Gasteiger partial charge in [-0.1, -0.05) is 30.8 Å². The highest BCUT2D eigenvalue weighted by Gasteiger charge is 2.47. The molecule has 4 saturated heterocycles. The molecule has 0 saturated carbocycles. The predicted molar refractivity (Wildman–Crippen MR) is 237 cm³/mol. The molecule has 4 fully saturated rings. The number of carbonyl (C=O) groups excluding carboxylic acids is 2. The summed E-state index contributed by atoms with van der Waals surface area (Å²) in [4.78, 5) is 33.7. The molecule has 0 bridgehead atoms. The Balaban J connectivity index is 0.868. The number of phenols is 1. The number of morpholine rings is 1. The maximum Gasteiger partial charge on any atom is 0.326 e. The minimum Gasteiger partial charge on any atom is -0.507 e. The number of hydrogen-bond acceptors (Lipinski definition) is 9. The van der Waals surface area contributed by atoms with Crippen molar-refractivity contribution >= 4 is 34.2 Å². The lowest BCUT2D eigenvalue weighted by Crippen LogP contribution is -2.54. The number of nitrogens with two attached hydrogens (primary N) is 3. The maximum atomic E-state index is 15.9. The average Bonchev–Trinajstić information content (AvgIpc) is 3.59. The first-order chi connectivity index (χ1) is 29.7. The number of hydrogen-bond donors (Lipinski definition) is 5. The van der Waals surface area contributed by atoms with E-state index in [4.69, 9.17) is 21.9 Å². The smallest absolute Gasteiger partial charge is 0.326 e. The van der Waals surface area contributed by atoms with E-state index >= 15 is 8.78 Å². The monoisotopic (exact) mass is 849 g/mol. The van der Waals surface area contributed by atoms with Gasteiger partial charge in [0, 0.05) is 97.8 Å². The zero-order valence-corrected chi connectivity index (χ0v) is 35.5. The van der Waals surface area contributed by atoms with Gasteiger partial charge < -0.3 is 51.6 Å². The molecule has 5 heterocycles. The molecule has 0 aliphatic carbocycles. The van der Waals surface area contributed by atoms with E-state index in [0.717, 1.165) is 51.9 Å². The summed E-state index contributed by atoms with van der Waals surface area (Å²) in [6.45, 7) is 11.0. The fraction of sp³-hybridized carbons (Fsp3) is 0.404. The van der Waals surface area contributed by atoms with Crippen LogP contribution in [0.1, 0.15) is 70.6 Å². The van der Waals surface area contributed by atoms with Gasteiger partial charge in [0.1, 0.15) is 17.7 Å². The number of phenolic OH excluding ortho intramolecular Hbond substituents is 1. The fourth-order valence-corrected chi connectivity index (χ4v) is 9.71. The zero-order valence-electron chi connectivity index (χ0n) is 35.5. The number of fused-ring (bicyclic) bond motifs is 1. The number of aryl methyl sites for hydroxylation is 2. The number of alkyl halides is 2. The largest absolute Gasteiger partial charge is 0.507 e. The van der Waals surface area contributed by atoms with E-state index in [2.05, 4.69) is 40.4 Å². The molecular weight excluding hydrogens is 793 g/mol. The lowest BCUT2D eigenvalue weighted by atomic mass is 9.90. The van der Waals surface area contributed by atoms with Crippen LogP contribution < -0.4 is 27.4 Å². The summed E-state index contributed by atoms with van der Waals surface area (Å²) in [5.41, 5.74) is 25.6. The summed E-state index contributed by atoms with van der Waals surface area (Å²) in [7, 11) is 0. The van der Waals surface area contributed by atoms with Gasteiger partial charge in [-0.25, -0.2) is 13.6 Å². The van der Waals surface area contributed by atoms with Crippen LogP contribution in [-0.2, 0) is 4.74 Å². The van der Waals surface area contributed by atoms with Gasteiger partial charge in [-0.3, -0.25) is 9.69 Å². The number of amides is 3. The lowest BCUT2D eigenvalue weighted by Gasteiger charge is -2.42. The highest BCUT2D eigenvalue weighted by molar-refractivity contribution is 6.04.